The molecule has 2 N–H and O–H groups in total. The molecule has 2 heterocycles. The zero-order chi connectivity index (χ0) is 17.3. The summed E-state index contributed by atoms with van der Waals surface area (Å²) in [6, 6.07) is 6.93. The van der Waals surface area contributed by atoms with Crippen molar-refractivity contribution in [3.05, 3.63) is 53.1 Å². The van der Waals surface area contributed by atoms with Gasteiger partial charge in [0.25, 0.3) is 0 Å². The Bertz CT molecular complexity index is 801. The van der Waals surface area contributed by atoms with E-state index in [1.165, 1.54) is 6.07 Å². The second-order valence-electron chi connectivity index (χ2n) is 6.01. The molecule has 0 amide bonds. The Kier molecular flexibility index (Phi) is 4.42. The van der Waals surface area contributed by atoms with Gasteiger partial charge in [0.15, 0.2) is 0 Å². The molecule has 24 heavy (non-hydrogen) atoms. The number of nitrogens with two attached hydrogens (primary N) is 1. The maximum absolute atomic E-state index is 14.8. The summed E-state index contributed by atoms with van der Waals surface area (Å²) in [5, 5.41) is 0. The molecule has 0 saturated heterocycles. The van der Waals surface area contributed by atoms with Crippen LogP contribution in [0.2, 0.25) is 0 Å². The van der Waals surface area contributed by atoms with Crippen molar-refractivity contribution in [2.24, 2.45) is 5.73 Å². The van der Waals surface area contributed by atoms with E-state index >= 15 is 0 Å². The Hall–Kier alpha value is -2.56. The van der Waals surface area contributed by atoms with Gasteiger partial charge in [-0.1, -0.05) is 6.92 Å². The average Bonchev–Trinajstić information content (AvgIpc) is 2.55. The van der Waals surface area contributed by atoms with E-state index in [1.54, 1.807) is 13.2 Å². The van der Waals surface area contributed by atoms with Crippen LogP contribution in [0, 0.1) is 12.7 Å². The molecule has 126 valence electrons. The zero-order valence-electron chi connectivity index (χ0n) is 14.3. The lowest BCUT2D eigenvalue weighted by atomic mass is 9.91. The molecule has 0 fully saturated rings. The van der Waals surface area contributed by atoms with Crippen LogP contribution in [-0.2, 0) is 6.54 Å². The first-order valence-electron chi connectivity index (χ1n) is 8.10. The van der Waals surface area contributed by atoms with E-state index in [2.05, 4.69) is 16.8 Å². The number of aryl methyl sites for hydroxylation is 1. The zero-order valence-corrected chi connectivity index (χ0v) is 14.3. The monoisotopic (exact) mass is 327 g/mol. The van der Waals surface area contributed by atoms with E-state index in [0.717, 1.165) is 29.8 Å². The second kappa shape index (κ2) is 6.51. The molecule has 1 aliphatic heterocycles. The molecule has 0 spiro atoms. The van der Waals surface area contributed by atoms with Gasteiger partial charge in [0.05, 0.1) is 12.8 Å². The highest BCUT2D eigenvalue weighted by Crippen LogP contribution is 2.38. The molecule has 1 aromatic heterocycles. The molecule has 0 saturated carbocycles. The Balaban J connectivity index is 2.21. The first-order valence-corrected chi connectivity index (χ1v) is 8.10. The molecule has 0 bridgehead atoms. The van der Waals surface area contributed by atoms with Gasteiger partial charge in [0, 0.05) is 41.7 Å². The van der Waals surface area contributed by atoms with E-state index < -0.39 is 0 Å². The minimum atomic E-state index is -0.288. The summed E-state index contributed by atoms with van der Waals surface area (Å²) in [6.07, 6.45) is 2.94. The van der Waals surface area contributed by atoms with Gasteiger partial charge >= 0.3 is 0 Å². The van der Waals surface area contributed by atoms with Gasteiger partial charge in [-0.05, 0) is 43.2 Å². The molecule has 0 aliphatic carbocycles. The predicted molar refractivity (Wildman–Crippen MR) is 93.8 cm³/mol. The molecule has 0 unspecified atom stereocenters. The summed E-state index contributed by atoms with van der Waals surface area (Å²) < 4.78 is 20.1. The van der Waals surface area contributed by atoms with Crippen LogP contribution >= 0.6 is 0 Å². The standard InChI is InChI=1S/C19H22FN3O/c1-4-9-23-10-15-13(17(21)11-23)7-8-16(20)18(15)14-6-5-12(2)22-19(14)24-3/h5-8,11H,4,9-10,21H2,1-3H3. The van der Waals surface area contributed by atoms with Crippen LogP contribution < -0.4 is 10.5 Å². The number of methoxy groups -OCH3 is 1. The van der Waals surface area contributed by atoms with E-state index in [-0.39, 0.29) is 5.82 Å². The molecule has 2 aromatic rings. The van der Waals surface area contributed by atoms with Crippen LogP contribution in [0.3, 0.4) is 0 Å². The van der Waals surface area contributed by atoms with Crippen molar-refractivity contribution in [1.82, 2.24) is 9.88 Å². The summed E-state index contributed by atoms with van der Waals surface area (Å²) in [5.41, 5.74) is 10.6. The molecule has 0 radical (unpaired) electrons. The fourth-order valence-electron chi connectivity index (χ4n) is 3.17. The fraction of sp³-hybridized carbons (Fsp3) is 0.316. The largest absolute Gasteiger partial charge is 0.481 e. The molecular formula is C19H22FN3O. The SMILES string of the molecule is CCCN1C=C(N)c2ccc(F)c(-c3ccc(C)nc3OC)c2C1. The van der Waals surface area contributed by atoms with Crippen molar-refractivity contribution >= 4 is 5.70 Å². The van der Waals surface area contributed by atoms with Crippen molar-refractivity contribution in [3.63, 3.8) is 0 Å². The first-order chi connectivity index (χ1) is 11.5. The Morgan fingerprint density at radius 2 is 2.00 bits per heavy atom. The molecular weight excluding hydrogens is 305 g/mol. The highest BCUT2D eigenvalue weighted by Gasteiger charge is 2.24. The van der Waals surface area contributed by atoms with Gasteiger partial charge in [-0.15, -0.1) is 0 Å². The summed E-state index contributed by atoms with van der Waals surface area (Å²) in [6.45, 7) is 5.49. The molecule has 0 atom stereocenters. The maximum atomic E-state index is 14.8. The minimum Gasteiger partial charge on any atom is -0.481 e. The van der Waals surface area contributed by atoms with E-state index in [4.69, 9.17) is 10.5 Å². The lowest BCUT2D eigenvalue weighted by Crippen LogP contribution is -2.25. The van der Waals surface area contributed by atoms with Gasteiger partial charge in [0.2, 0.25) is 5.88 Å². The quantitative estimate of drug-likeness (QED) is 0.930. The van der Waals surface area contributed by atoms with Gasteiger partial charge < -0.3 is 15.4 Å². The maximum Gasteiger partial charge on any atom is 0.221 e. The van der Waals surface area contributed by atoms with Crippen molar-refractivity contribution in [3.8, 4) is 17.0 Å². The number of rotatable bonds is 4. The number of hydrogen-bond donors (Lipinski definition) is 1. The van der Waals surface area contributed by atoms with Crippen LogP contribution in [0.5, 0.6) is 5.88 Å². The highest BCUT2D eigenvalue weighted by molar-refractivity contribution is 5.80. The van der Waals surface area contributed by atoms with Crippen molar-refractivity contribution in [2.45, 2.75) is 26.8 Å². The fourth-order valence-corrected chi connectivity index (χ4v) is 3.17. The van der Waals surface area contributed by atoms with Crippen molar-refractivity contribution < 1.29 is 9.13 Å². The Labute approximate surface area is 141 Å². The molecule has 1 aliphatic rings. The molecule has 3 rings (SSSR count). The van der Waals surface area contributed by atoms with Crippen LogP contribution in [0.1, 0.15) is 30.2 Å². The van der Waals surface area contributed by atoms with Crippen LogP contribution in [0.4, 0.5) is 4.39 Å². The minimum absolute atomic E-state index is 0.288. The lowest BCUT2D eigenvalue weighted by Gasteiger charge is -2.29. The number of fused-ring (bicyclic) bond motifs is 1. The Morgan fingerprint density at radius 1 is 1.25 bits per heavy atom. The third-order valence-electron chi connectivity index (χ3n) is 4.23. The molecule has 5 heteroatoms. The normalized spacial score (nSPS) is 13.5. The van der Waals surface area contributed by atoms with Gasteiger partial charge in [-0.3, -0.25) is 0 Å². The van der Waals surface area contributed by atoms with Crippen LogP contribution in [0.15, 0.2) is 30.5 Å². The Morgan fingerprint density at radius 3 is 2.71 bits per heavy atom. The van der Waals surface area contributed by atoms with Crippen LogP contribution in [-0.4, -0.2) is 23.5 Å². The van der Waals surface area contributed by atoms with Gasteiger partial charge in [-0.2, -0.15) is 0 Å². The summed E-state index contributed by atoms with van der Waals surface area (Å²) in [7, 11) is 1.55. The second-order valence-corrected chi connectivity index (χ2v) is 6.01. The third kappa shape index (κ3) is 2.82. The van der Waals surface area contributed by atoms with E-state index in [1.807, 2.05) is 25.3 Å². The number of ether oxygens (including phenoxy) is 1. The van der Waals surface area contributed by atoms with Gasteiger partial charge in [0.1, 0.15) is 5.82 Å². The topological polar surface area (TPSA) is 51.4 Å². The van der Waals surface area contributed by atoms with E-state index in [9.17, 15) is 4.39 Å². The number of nitrogens with zero attached hydrogens (tertiary/aromatic N) is 2. The van der Waals surface area contributed by atoms with Crippen LogP contribution in [0.25, 0.3) is 16.8 Å². The highest BCUT2D eigenvalue weighted by atomic mass is 19.1. The van der Waals surface area contributed by atoms with Crippen molar-refractivity contribution in [2.75, 3.05) is 13.7 Å². The smallest absolute Gasteiger partial charge is 0.221 e. The van der Waals surface area contributed by atoms with Crippen molar-refractivity contribution in [1.29, 1.82) is 0 Å². The summed E-state index contributed by atoms with van der Waals surface area (Å²) >= 11 is 0. The predicted octanol–water partition coefficient (Wildman–Crippen LogP) is 3.69. The summed E-state index contributed by atoms with van der Waals surface area (Å²) in [4.78, 5) is 6.50. The lowest BCUT2D eigenvalue weighted by molar-refractivity contribution is 0.364. The molecule has 4 nitrogen and oxygen atoms in total. The van der Waals surface area contributed by atoms with Gasteiger partial charge in [-0.25, -0.2) is 9.37 Å². The third-order valence-corrected chi connectivity index (χ3v) is 4.23. The number of hydrogen-bond acceptors (Lipinski definition) is 4. The number of pyridine rings is 1. The first kappa shape index (κ1) is 16.3. The van der Waals surface area contributed by atoms with E-state index in [0.29, 0.717) is 29.2 Å². The number of benzene rings is 1. The number of aromatic nitrogens is 1. The summed E-state index contributed by atoms with van der Waals surface area (Å²) in [5.74, 6) is 0.140. The molecule has 1 aromatic carbocycles. The average molecular weight is 327 g/mol. The number of halogens is 1.